The van der Waals surface area contributed by atoms with Crippen molar-refractivity contribution in [3.63, 3.8) is 0 Å². The monoisotopic (exact) mass is 595 g/mol. The van der Waals surface area contributed by atoms with E-state index in [-0.39, 0.29) is 5.92 Å². The van der Waals surface area contributed by atoms with Gasteiger partial charge in [0.15, 0.2) is 11.6 Å². The zero-order valence-corrected chi connectivity index (χ0v) is 24.9. The van der Waals surface area contributed by atoms with Crippen molar-refractivity contribution in [2.45, 2.75) is 12.3 Å². The van der Waals surface area contributed by atoms with Crippen LogP contribution in [0.1, 0.15) is 18.2 Å². The quantitative estimate of drug-likeness (QED) is 0.190. The van der Waals surface area contributed by atoms with E-state index in [0.717, 1.165) is 56.4 Å². The van der Waals surface area contributed by atoms with Crippen LogP contribution in [-0.2, 0) is 0 Å². The number of allylic oxidation sites excluding steroid dienone is 4. The van der Waals surface area contributed by atoms with E-state index < -0.39 is 0 Å². The van der Waals surface area contributed by atoms with Gasteiger partial charge >= 0.3 is 0 Å². The molecule has 0 radical (unpaired) electrons. The third-order valence-electron chi connectivity index (χ3n) is 8.46. The van der Waals surface area contributed by atoms with Crippen LogP contribution in [0.4, 0.5) is 0 Å². The molecule has 4 aromatic heterocycles. The molecule has 5 nitrogen and oxygen atoms in total. The normalized spacial score (nSPS) is 14.6. The summed E-state index contributed by atoms with van der Waals surface area (Å²) < 4.78 is 2.40. The summed E-state index contributed by atoms with van der Waals surface area (Å²) in [5.41, 5.74) is 5.86. The lowest BCUT2D eigenvalue weighted by molar-refractivity contribution is 0.764. The molecule has 8 aromatic rings. The molecule has 4 heterocycles. The van der Waals surface area contributed by atoms with E-state index in [1.54, 1.807) is 11.3 Å². The second kappa shape index (κ2) is 10.5. The van der Waals surface area contributed by atoms with E-state index in [1.165, 1.54) is 20.2 Å². The molecule has 0 aliphatic heterocycles. The zero-order chi connectivity index (χ0) is 29.7. The van der Waals surface area contributed by atoms with Gasteiger partial charge in [0.05, 0.1) is 16.7 Å². The largest absolute Gasteiger partial charge is 0.254 e. The number of thiophene rings is 1. The minimum absolute atomic E-state index is 0.113. The van der Waals surface area contributed by atoms with Gasteiger partial charge in [0.2, 0.25) is 0 Å². The Morgan fingerprint density at radius 2 is 1.49 bits per heavy atom. The standard InChI is InChI=1S/C39H25N5S/c1-3-9-26(10-4-1)37-42-38(27-11-5-2-6-12-27)44-39(43-37)30-14-7-15-32-34(30)29-20-18-28(23-33(29)45-32)31-21-19-25-17-16-24-13-8-22-40-35(24)36(25)41-31/h1-11,13-23,27H,12H2. The molecule has 212 valence electrons. The van der Waals surface area contributed by atoms with Crippen LogP contribution in [0, 0.1) is 0 Å². The minimum atomic E-state index is 0.113. The maximum absolute atomic E-state index is 5.10. The van der Waals surface area contributed by atoms with E-state index in [2.05, 4.69) is 108 Å². The molecule has 6 heteroatoms. The third kappa shape index (κ3) is 4.50. The molecule has 0 spiro atoms. The van der Waals surface area contributed by atoms with Crippen molar-refractivity contribution in [1.82, 2.24) is 24.9 Å². The summed E-state index contributed by atoms with van der Waals surface area (Å²) in [6, 6.07) is 35.7. The van der Waals surface area contributed by atoms with Crippen LogP contribution in [0.25, 0.3) is 76.0 Å². The van der Waals surface area contributed by atoms with Gasteiger partial charge in [-0.05, 0) is 30.7 Å². The first-order valence-corrected chi connectivity index (χ1v) is 15.9. The number of pyridine rings is 2. The lowest BCUT2D eigenvalue weighted by Gasteiger charge is -2.14. The van der Waals surface area contributed by atoms with Crippen LogP contribution in [0.3, 0.4) is 0 Å². The maximum Gasteiger partial charge on any atom is 0.164 e. The number of hydrogen-bond donors (Lipinski definition) is 0. The first-order valence-electron chi connectivity index (χ1n) is 15.0. The summed E-state index contributed by atoms with van der Waals surface area (Å²) in [5, 5.41) is 4.53. The van der Waals surface area contributed by atoms with Gasteiger partial charge in [0.1, 0.15) is 5.82 Å². The van der Waals surface area contributed by atoms with Crippen molar-refractivity contribution < 1.29 is 0 Å². The van der Waals surface area contributed by atoms with Crippen molar-refractivity contribution in [2.24, 2.45) is 0 Å². The van der Waals surface area contributed by atoms with Crippen LogP contribution >= 0.6 is 11.3 Å². The fourth-order valence-corrected chi connectivity index (χ4v) is 7.39. The molecule has 0 saturated heterocycles. The number of rotatable bonds is 4. The minimum Gasteiger partial charge on any atom is -0.254 e. The highest BCUT2D eigenvalue weighted by Gasteiger charge is 2.20. The van der Waals surface area contributed by atoms with E-state index in [4.69, 9.17) is 19.9 Å². The summed E-state index contributed by atoms with van der Waals surface area (Å²) in [6.07, 6.45) is 11.2. The zero-order valence-electron chi connectivity index (χ0n) is 24.1. The van der Waals surface area contributed by atoms with Gasteiger partial charge in [0.25, 0.3) is 0 Å². The molecule has 0 fully saturated rings. The summed E-state index contributed by atoms with van der Waals surface area (Å²) in [7, 11) is 0. The molecule has 9 rings (SSSR count). The Morgan fingerprint density at radius 1 is 0.622 bits per heavy atom. The van der Waals surface area contributed by atoms with Crippen LogP contribution in [0.5, 0.6) is 0 Å². The number of aromatic nitrogens is 5. The Morgan fingerprint density at radius 3 is 2.38 bits per heavy atom. The van der Waals surface area contributed by atoms with E-state index in [9.17, 15) is 0 Å². The van der Waals surface area contributed by atoms with Gasteiger partial charge in [-0.15, -0.1) is 11.3 Å². The Balaban J connectivity index is 1.20. The molecule has 1 aliphatic carbocycles. The van der Waals surface area contributed by atoms with Crippen molar-refractivity contribution in [3.05, 3.63) is 139 Å². The predicted octanol–water partition coefficient (Wildman–Crippen LogP) is 9.94. The van der Waals surface area contributed by atoms with Gasteiger partial charge in [0, 0.05) is 59.7 Å². The van der Waals surface area contributed by atoms with Crippen LogP contribution in [0.2, 0.25) is 0 Å². The summed E-state index contributed by atoms with van der Waals surface area (Å²) in [5.74, 6) is 2.30. The molecule has 1 unspecified atom stereocenters. The molecule has 0 saturated carbocycles. The molecule has 45 heavy (non-hydrogen) atoms. The maximum atomic E-state index is 5.10. The molecule has 0 bridgehead atoms. The van der Waals surface area contributed by atoms with E-state index in [0.29, 0.717) is 11.6 Å². The average molecular weight is 596 g/mol. The first-order chi connectivity index (χ1) is 22.3. The number of nitrogens with zero attached hydrogens (tertiary/aromatic N) is 5. The Labute approximate surface area is 263 Å². The molecule has 1 aliphatic rings. The molecule has 4 aromatic carbocycles. The van der Waals surface area contributed by atoms with E-state index in [1.807, 2.05) is 30.5 Å². The summed E-state index contributed by atoms with van der Waals surface area (Å²) in [4.78, 5) is 24.8. The van der Waals surface area contributed by atoms with Crippen molar-refractivity contribution in [2.75, 3.05) is 0 Å². The topological polar surface area (TPSA) is 64.5 Å². The molecular weight excluding hydrogens is 571 g/mol. The van der Waals surface area contributed by atoms with Crippen molar-refractivity contribution in [3.8, 4) is 34.0 Å². The Kier molecular flexibility index (Phi) is 6.06. The summed E-state index contributed by atoms with van der Waals surface area (Å²) in [6.45, 7) is 0. The van der Waals surface area contributed by atoms with Gasteiger partial charge in [-0.1, -0.05) is 103 Å². The highest BCUT2D eigenvalue weighted by Crippen LogP contribution is 2.41. The van der Waals surface area contributed by atoms with Gasteiger partial charge in [-0.2, -0.15) is 0 Å². The van der Waals surface area contributed by atoms with Gasteiger partial charge < -0.3 is 0 Å². The average Bonchev–Trinajstić information content (AvgIpc) is 3.50. The van der Waals surface area contributed by atoms with Gasteiger partial charge in [-0.25, -0.2) is 19.9 Å². The highest BCUT2D eigenvalue weighted by atomic mass is 32.1. The summed E-state index contributed by atoms with van der Waals surface area (Å²) >= 11 is 1.79. The molecule has 1 atom stereocenters. The molecule has 0 N–H and O–H groups in total. The fraction of sp³-hybridized carbons (Fsp3) is 0.0513. The number of hydrogen-bond acceptors (Lipinski definition) is 6. The number of benzene rings is 4. The lowest BCUT2D eigenvalue weighted by atomic mass is 9.99. The second-order valence-corrected chi connectivity index (χ2v) is 12.3. The molecular formula is C39H25N5S. The molecule has 0 amide bonds. The third-order valence-corrected chi connectivity index (χ3v) is 9.58. The Bertz CT molecular complexity index is 2480. The fourth-order valence-electron chi connectivity index (χ4n) is 6.22. The Hall–Kier alpha value is -5.59. The number of fused-ring (bicyclic) bond motifs is 6. The lowest BCUT2D eigenvalue weighted by Crippen LogP contribution is -2.07. The first kappa shape index (κ1) is 25.9. The predicted molar refractivity (Wildman–Crippen MR) is 185 cm³/mol. The van der Waals surface area contributed by atoms with Gasteiger partial charge in [-0.3, -0.25) is 4.98 Å². The smallest absolute Gasteiger partial charge is 0.164 e. The van der Waals surface area contributed by atoms with Crippen LogP contribution < -0.4 is 0 Å². The van der Waals surface area contributed by atoms with Crippen LogP contribution in [-0.4, -0.2) is 24.9 Å². The SMILES string of the molecule is C1=CCC(c2nc(-c3ccccc3)nc(-c3cccc4sc5cc(-c6ccc7ccc8cccnc8c7n6)ccc5c34)n2)C=C1. The van der Waals surface area contributed by atoms with Crippen molar-refractivity contribution >= 4 is 53.3 Å². The highest BCUT2D eigenvalue weighted by molar-refractivity contribution is 7.26. The van der Waals surface area contributed by atoms with E-state index >= 15 is 0 Å². The van der Waals surface area contributed by atoms with Crippen molar-refractivity contribution in [1.29, 1.82) is 0 Å². The van der Waals surface area contributed by atoms with Crippen LogP contribution in [0.15, 0.2) is 134 Å². The second-order valence-electron chi connectivity index (χ2n) is 11.3.